The van der Waals surface area contributed by atoms with Gasteiger partial charge in [-0.1, -0.05) is 37.2 Å². The van der Waals surface area contributed by atoms with Gasteiger partial charge in [-0.25, -0.2) is 4.98 Å². The molecule has 0 N–H and O–H groups in total. The Morgan fingerprint density at radius 1 is 1.35 bits per heavy atom. The molecule has 0 bridgehead atoms. The maximum Gasteiger partial charge on any atom is 0.263 e. The zero-order valence-corrected chi connectivity index (χ0v) is 16.8. The molecule has 0 atom stereocenters. The molecular weight excluding hydrogens is 362 g/mol. The first-order valence-corrected chi connectivity index (χ1v) is 10.5. The molecule has 6 heteroatoms. The van der Waals surface area contributed by atoms with E-state index >= 15 is 0 Å². The van der Waals surface area contributed by atoms with Crippen LogP contribution in [0, 0.1) is 25.2 Å². The van der Waals surface area contributed by atoms with Gasteiger partial charge in [0.25, 0.3) is 5.56 Å². The molecule has 3 aromatic rings. The van der Waals surface area contributed by atoms with E-state index < -0.39 is 0 Å². The van der Waals surface area contributed by atoms with Gasteiger partial charge in [0, 0.05) is 17.2 Å². The van der Waals surface area contributed by atoms with Crippen LogP contribution in [0.25, 0.3) is 10.2 Å². The van der Waals surface area contributed by atoms with E-state index in [0.717, 1.165) is 44.2 Å². The monoisotopic (exact) mass is 383 g/mol. The molecule has 2 heterocycles. The lowest BCUT2D eigenvalue weighted by molar-refractivity contribution is 0.558. The normalized spacial score (nSPS) is 11.0. The number of benzene rings is 1. The van der Waals surface area contributed by atoms with Crippen LogP contribution in [0.4, 0.5) is 0 Å². The zero-order valence-electron chi connectivity index (χ0n) is 15.2. The maximum atomic E-state index is 13.1. The number of hydrogen-bond donors (Lipinski definition) is 0. The van der Waals surface area contributed by atoms with Gasteiger partial charge >= 0.3 is 0 Å². The second-order valence-electron chi connectivity index (χ2n) is 6.27. The quantitative estimate of drug-likeness (QED) is 0.442. The van der Waals surface area contributed by atoms with E-state index in [1.54, 1.807) is 29.2 Å². The number of thioether (sulfide) groups is 1. The van der Waals surface area contributed by atoms with E-state index in [4.69, 9.17) is 10.2 Å². The second-order valence-corrected chi connectivity index (χ2v) is 8.41. The van der Waals surface area contributed by atoms with Crippen LogP contribution in [0.5, 0.6) is 0 Å². The van der Waals surface area contributed by atoms with Crippen molar-refractivity contribution in [1.82, 2.24) is 9.55 Å². The number of unbranched alkanes of at least 4 members (excludes halogenated alkanes) is 1. The Labute approximate surface area is 161 Å². The maximum absolute atomic E-state index is 13.1. The molecule has 0 aliphatic rings. The number of aromatic nitrogens is 2. The zero-order chi connectivity index (χ0) is 18.7. The predicted molar refractivity (Wildman–Crippen MR) is 109 cm³/mol. The molecule has 0 amide bonds. The first-order valence-electron chi connectivity index (χ1n) is 8.67. The van der Waals surface area contributed by atoms with Gasteiger partial charge in [0.15, 0.2) is 5.16 Å². The summed E-state index contributed by atoms with van der Waals surface area (Å²) in [4.78, 5) is 19.9. The summed E-state index contributed by atoms with van der Waals surface area (Å²) in [6.45, 7) is 6.85. The molecule has 2 aromatic heterocycles. The highest BCUT2D eigenvalue weighted by molar-refractivity contribution is 7.98. The van der Waals surface area contributed by atoms with Gasteiger partial charge in [0.2, 0.25) is 0 Å². The van der Waals surface area contributed by atoms with Crippen molar-refractivity contribution in [2.45, 2.75) is 51.1 Å². The average molecular weight is 384 g/mol. The molecule has 0 saturated heterocycles. The Morgan fingerprint density at radius 3 is 2.88 bits per heavy atom. The molecule has 3 rings (SSSR count). The average Bonchev–Trinajstić information content (AvgIpc) is 2.93. The number of nitriles is 1. The topological polar surface area (TPSA) is 58.7 Å². The fourth-order valence-electron chi connectivity index (χ4n) is 2.81. The highest BCUT2D eigenvalue weighted by atomic mass is 32.2. The minimum atomic E-state index is 0.0681. The van der Waals surface area contributed by atoms with E-state index in [9.17, 15) is 4.79 Å². The van der Waals surface area contributed by atoms with Crippen molar-refractivity contribution >= 4 is 33.3 Å². The number of fused-ring (bicyclic) bond motifs is 1. The molecule has 0 saturated carbocycles. The first-order chi connectivity index (χ1) is 12.5. The summed E-state index contributed by atoms with van der Waals surface area (Å²) in [6, 6.07) is 9.75. The van der Waals surface area contributed by atoms with Crippen molar-refractivity contribution in [3.63, 3.8) is 0 Å². The van der Waals surface area contributed by atoms with Crippen LogP contribution in [0.2, 0.25) is 0 Å². The number of nitrogens with zero attached hydrogens (tertiary/aromatic N) is 3. The summed E-state index contributed by atoms with van der Waals surface area (Å²) in [5.74, 6) is 0.683. The fourth-order valence-corrected chi connectivity index (χ4v) is 4.85. The van der Waals surface area contributed by atoms with E-state index in [2.05, 4.69) is 13.0 Å². The molecule has 0 aliphatic heterocycles. The molecule has 0 spiro atoms. The van der Waals surface area contributed by atoms with Crippen LogP contribution in [0.3, 0.4) is 0 Å². The predicted octanol–water partition coefficient (Wildman–Crippen LogP) is 5.04. The molecule has 26 heavy (non-hydrogen) atoms. The molecule has 0 radical (unpaired) electrons. The van der Waals surface area contributed by atoms with Gasteiger partial charge in [-0.2, -0.15) is 5.26 Å². The van der Waals surface area contributed by atoms with Crippen LogP contribution in [-0.4, -0.2) is 9.55 Å². The Morgan fingerprint density at radius 2 is 2.15 bits per heavy atom. The van der Waals surface area contributed by atoms with Crippen molar-refractivity contribution < 1.29 is 0 Å². The number of hydrogen-bond acceptors (Lipinski definition) is 5. The summed E-state index contributed by atoms with van der Waals surface area (Å²) in [5, 5.41) is 10.6. The molecule has 134 valence electrons. The summed E-state index contributed by atoms with van der Waals surface area (Å²) in [6.07, 6.45) is 1.98. The Balaban J connectivity index is 2.00. The second kappa shape index (κ2) is 8.07. The molecule has 0 fully saturated rings. The number of rotatable bonds is 6. The van der Waals surface area contributed by atoms with Crippen LogP contribution < -0.4 is 5.56 Å². The molecule has 4 nitrogen and oxygen atoms in total. The largest absolute Gasteiger partial charge is 0.287 e. The van der Waals surface area contributed by atoms with E-state index in [-0.39, 0.29) is 5.56 Å². The summed E-state index contributed by atoms with van der Waals surface area (Å²) >= 11 is 3.15. The van der Waals surface area contributed by atoms with Gasteiger partial charge in [0.05, 0.1) is 17.0 Å². The minimum absolute atomic E-state index is 0.0681. The van der Waals surface area contributed by atoms with Crippen molar-refractivity contribution in [3.8, 4) is 6.07 Å². The van der Waals surface area contributed by atoms with Crippen LogP contribution in [-0.2, 0) is 12.3 Å². The Bertz CT molecular complexity index is 1040. The highest BCUT2D eigenvalue weighted by Crippen LogP contribution is 2.29. The summed E-state index contributed by atoms with van der Waals surface area (Å²) in [7, 11) is 0. The SMILES string of the molecule is CCCCn1c(SCc2cccc(C#N)c2)nc2sc(C)c(C)c2c1=O. The van der Waals surface area contributed by atoms with Gasteiger partial charge in [-0.3, -0.25) is 9.36 Å². The van der Waals surface area contributed by atoms with Crippen molar-refractivity contribution in [1.29, 1.82) is 5.26 Å². The van der Waals surface area contributed by atoms with Crippen molar-refractivity contribution in [3.05, 3.63) is 56.2 Å². The van der Waals surface area contributed by atoms with Crippen LogP contribution >= 0.6 is 23.1 Å². The third-order valence-electron chi connectivity index (χ3n) is 4.41. The molecule has 0 aliphatic carbocycles. The van der Waals surface area contributed by atoms with Crippen LogP contribution in [0.15, 0.2) is 34.2 Å². The minimum Gasteiger partial charge on any atom is -0.287 e. The third-order valence-corrected chi connectivity index (χ3v) is 6.56. The van der Waals surface area contributed by atoms with E-state index in [1.807, 2.05) is 36.6 Å². The number of thiophene rings is 1. The first kappa shape index (κ1) is 18.7. The van der Waals surface area contributed by atoms with E-state index in [0.29, 0.717) is 17.9 Å². The van der Waals surface area contributed by atoms with Gasteiger partial charge in [-0.15, -0.1) is 11.3 Å². The van der Waals surface area contributed by atoms with Crippen molar-refractivity contribution in [2.24, 2.45) is 0 Å². The lowest BCUT2D eigenvalue weighted by atomic mass is 10.2. The fraction of sp³-hybridized carbons (Fsp3) is 0.350. The summed E-state index contributed by atoms with van der Waals surface area (Å²) in [5.41, 5.74) is 2.83. The Hall–Kier alpha value is -2.10. The summed E-state index contributed by atoms with van der Waals surface area (Å²) < 4.78 is 1.82. The Kier molecular flexibility index (Phi) is 5.80. The van der Waals surface area contributed by atoms with Gasteiger partial charge in [0.1, 0.15) is 4.83 Å². The lowest BCUT2D eigenvalue weighted by Gasteiger charge is -2.12. The molecule has 1 aromatic carbocycles. The smallest absolute Gasteiger partial charge is 0.263 e. The number of aryl methyl sites for hydroxylation is 2. The third kappa shape index (κ3) is 3.69. The lowest BCUT2D eigenvalue weighted by Crippen LogP contribution is -2.23. The van der Waals surface area contributed by atoms with Crippen molar-refractivity contribution in [2.75, 3.05) is 0 Å². The van der Waals surface area contributed by atoms with Crippen LogP contribution in [0.1, 0.15) is 41.3 Å². The van der Waals surface area contributed by atoms with E-state index in [1.165, 1.54) is 0 Å². The standard InChI is InChI=1S/C20H21N3OS2/c1-4-5-9-23-19(24)17-13(2)14(3)26-18(17)22-20(23)25-12-16-8-6-7-15(10-16)11-21/h6-8,10H,4-5,9,12H2,1-3H3. The van der Waals surface area contributed by atoms with Gasteiger partial charge < -0.3 is 0 Å². The molecule has 0 unspecified atom stereocenters. The van der Waals surface area contributed by atoms with Gasteiger partial charge in [-0.05, 0) is 43.5 Å². The molecular formula is C20H21N3OS2. The highest BCUT2D eigenvalue weighted by Gasteiger charge is 2.16.